The predicted molar refractivity (Wildman–Crippen MR) is 85.0 cm³/mol. The molecule has 0 spiro atoms. The Bertz CT molecular complexity index is 641. The highest BCUT2D eigenvalue weighted by Crippen LogP contribution is 2.21. The maximum atomic E-state index is 12.5. The molecule has 7 heteroatoms. The summed E-state index contributed by atoms with van der Waals surface area (Å²) in [4.78, 5) is 28.4. The molecule has 1 amide bonds. The molecule has 1 saturated heterocycles. The van der Waals surface area contributed by atoms with Crippen molar-refractivity contribution in [2.24, 2.45) is 0 Å². The van der Waals surface area contributed by atoms with Gasteiger partial charge in [-0.05, 0) is 19.2 Å². The molecule has 0 aromatic carbocycles. The lowest BCUT2D eigenvalue weighted by atomic mass is 10.1. The van der Waals surface area contributed by atoms with Gasteiger partial charge in [0.15, 0.2) is 0 Å². The predicted octanol–water partition coefficient (Wildman–Crippen LogP) is 0.871. The molecular formula is C16H21N5O2. The number of imidazole rings is 1. The van der Waals surface area contributed by atoms with E-state index >= 15 is 0 Å². The SMILES string of the molecule is COc1ccc(CC(=O)N2CCN(C)C(c3ncc[nH]3)C2)nc1. The standard InChI is InChI=1S/C16H21N5O2/c1-20-7-8-21(11-14(20)16-17-5-6-18-16)15(22)9-12-3-4-13(23-2)10-19-12/h3-6,10,14H,7-9,11H2,1-2H3,(H,17,18). The van der Waals surface area contributed by atoms with Crippen LogP contribution >= 0.6 is 0 Å². The molecule has 2 aromatic heterocycles. The van der Waals surface area contributed by atoms with Crippen molar-refractivity contribution in [3.63, 3.8) is 0 Å². The zero-order valence-electron chi connectivity index (χ0n) is 13.4. The number of piperazine rings is 1. The van der Waals surface area contributed by atoms with E-state index < -0.39 is 0 Å². The summed E-state index contributed by atoms with van der Waals surface area (Å²) in [6.45, 7) is 2.19. The van der Waals surface area contributed by atoms with Crippen molar-refractivity contribution in [1.29, 1.82) is 0 Å². The number of amides is 1. The van der Waals surface area contributed by atoms with Crippen molar-refractivity contribution in [2.75, 3.05) is 33.8 Å². The first-order valence-electron chi connectivity index (χ1n) is 7.63. The molecular weight excluding hydrogens is 294 g/mol. The first kappa shape index (κ1) is 15.5. The Balaban J connectivity index is 1.64. The Morgan fingerprint density at radius 3 is 2.91 bits per heavy atom. The minimum Gasteiger partial charge on any atom is -0.495 e. The third-order valence-electron chi connectivity index (χ3n) is 4.20. The van der Waals surface area contributed by atoms with Gasteiger partial charge in [-0.25, -0.2) is 4.98 Å². The third kappa shape index (κ3) is 3.50. The number of H-pyrrole nitrogens is 1. The Hall–Kier alpha value is -2.41. The normalized spacial score (nSPS) is 18.9. The minimum absolute atomic E-state index is 0.0901. The lowest BCUT2D eigenvalue weighted by Crippen LogP contribution is -2.49. The van der Waals surface area contributed by atoms with Crippen LogP contribution in [0.5, 0.6) is 5.75 Å². The van der Waals surface area contributed by atoms with E-state index in [4.69, 9.17) is 4.74 Å². The number of pyridine rings is 1. The molecule has 7 nitrogen and oxygen atoms in total. The second-order valence-electron chi connectivity index (χ2n) is 5.68. The summed E-state index contributed by atoms with van der Waals surface area (Å²) in [6, 6.07) is 3.76. The van der Waals surface area contributed by atoms with Crippen molar-refractivity contribution in [1.82, 2.24) is 24.8 Å². The molecule has 0 aliphatic carbocycles. The lowest BCUT2D eigenvalue weighted by Gasteiger charge is -2.38. The van der Waals surface area contributed by atoms with E-state index in [2.05, 4.69) is 26.9 Å². The van der Waals surface area contributed by atoms with Crippen LogP contribution in [0, 0.1) is 0 Å². The molecule has 3 heterocycles. The van der Waals surface area contributed by atoms with E-state index in [9.17, 15) is 4.79 Å². The zero-order valence-corrected chi connectivity index (χ0v) is 13.4. The molecule has 1 aliphatic rings. The third-order valence-corrected chi connectivity index (χ3v) is 4.20. The lowest BCUT2D eigenvalue weighted by molar-refractivity contribution is -0.133. The van der Waals surface area contributed by atoms with E-state index in [1.54, 1.807) is 19.5 Å². The van der Waals surface area contributed by atoms with Gasteiger partial charge in [-0.3, -0.25) is 14.7 Å². The van der Waals surface area contributed by atoms with Crippen LogP contribution in [0.4, 0.5) is 0 Å². The van der Waals surface area contributed by atoms with Gasteiger partial charge >= 0.3 is 0 Å². The molecule has 122 valence electrons. The number of ether oxygens (including phenoxy) is 1. The molecule has 1 N–H and O–H groups in total. The molecule has 1 unspecified atom stereocenters. The number of aromatic nitrogens is 3. The quantitative estimate of drug-likeness (QED) is 0.906. The number of methoxy groups -OCH3 is 1. The summed E-state index contributed by atoms with van der Waals surface area (Å²) < 4.78 is 5.08. The van der Waals surface area contributed by atoms with Crippen molar-refractivity contribution in [3.8, 4) is 5.75 Å². The van der Waals surface area contributed by atoms with Gasteiger partial charge in [0.05, 0.1) is 25.8 Å². The molecule has 3 rings (SSSR count). The fourth-order valence-electron chi connectivity index (χ4n) is 2.76. The Morgan fingerprint density at radius 2 is 2.26 bits per heavy atom. The number of nitrogens with one attached hydrogen (secondary N) is 1. The van der Waals surface area contributed by atoms with Crippen LogP contribution in [-0.2, 0) is 11.2 Å². The van der Waals surface area contributed by atoms with Crippen LogP contribution in [0.15, 0.2) is 30.7 Å². The Labute approximate surface area is 135 Å². The van der Waals surface area contributed by atoms with E-state index in [-0.39, 0.29) is 11.9 Å². The molecule has 23 heavy (non-hydrogen) atoms. The average molecular weight is 315 g/mol. The number of carbonyl (C=O) groups excluding carboxylic acids is 1. The van der Waals surface area contributed by atoms with Crippen LogP contribution in [0.3, 0.4) is 0 Å². The van der Waals surface area contributed by atoms with Crippen molar-refractivity contribution < 1.29 is 9.53 Å². The number of carbonyl (C=O) groups is 1. The van der Waals surface area contributed by atoms with Gasteiger partial charge in [-0.1, -0.05) is 0 Å². The van der Waals surface area contributed by atoms with Crippen molar-refractivity contribution >= 4 is 5.91 Å². The molecule has 0 bridgehead atoms. The van der Waals surface area contributed by atoms with Gasteiger partial charge in [-0.2, -0.15) is 0 Å². The topological polar surface area (TPSA) is 74.3 Å². The van der Waals surface area contributed by atoms with Gasteiger partial charge in [0.25, 0.3) is 0 Å². The zero-order chi connectivity index (χ0) is 16.2. The fraction of sp³-hybridized carbons (Fsp3) is 0.438. The number of hydrogen-bond acceptors (Lipinski definition) is 5. The van der Waals surface area contributed by atoms with Crippen molar-refractivity contribution in [3.05, 3.63) is 42.2 Å². The van der Waals surface area contributed by atoms with E-state index in [0.29, 0.717) is 18.7 Å². The number of rotatable bonds is 4. The minimum atomic E-state index is 0.0901. The van der Waals surface area contributed by atoms with E-state index in [0.717, 1.165) is 24.6 Å². The summed E-state index contributed by atoms with van der Waals surface area (Å²) in [5.41, 5.74) is 0.754. The smallest absolute Gasteiger partial charge is 0.228 e. The van der Waals surface area contributed by atoms with Gasteiger partial charge in [0.1, 0.15) is 11.6 Å². The van der Waals surface area contributed by atoms with Crippen LogP contribution in [0.2, 0.25) is 0 Å². The number of aromatic amines is 1. The maximum Gasteiger partial charge on any atom is 0.228 e. The Kier molecular flexibility index (Phi) is 4.57. The van der Waals surface area contributed by atoms with Crippen LogP contribution in [0.25, 0.3) is 0 Å². The second kappa shape index (κ2) is 6.78. The van der Waals surface area contributed by atoms with Crippen LogP contribution in [-0.4, -0.2) is 64.5 Å². The second-order valence-corrected chi connectivity index (χ2v) is 5.68. The van der Waals surface area contributed by atoms with E-state index in [1.807, 2.05) is 23.2 Å². The molecule has 2 aromatic rings. The first-order valence-corrected chi connectivity index (χ1v) is 7.63. The monoisotopic (exact) mass is 315 g/mol. The molecule has 1 atom stereocenters. The summed E-state index contributed by atoms with van der Waals surface area (Å²) in [5.74, 6) is 1.68. The number of nitrogens with zero attached hydrogens (tertiary/aromatic N) is 4. The Morgan fingerprint density at radius 1 is 1.39 bits per heavy atom. The largest absolute Gasteiger partial charge is 0.495 e. The highest BCUT2D eigenvalue weighted by Gasteiger charge is 2.29. The van der Waals surface area contributed by atoms with Gasteiger partial charge in [-0.15, -0.1) is 0 Å². The highest BCUT2D eigenvalue weighted by atomic mass is 16.5. The van der Waals surface area contributed by atoms with Crippen LogP contribution < -0.4 is 4.74 Å². The first-order chi connectivity index (χ1) is 11.2. The molecule has 1 aliphatic heterocycles. The summed E-state index contributed by atoms with van der Waals surface area (Å²) in [6.07, 6.45) is 5.49. The fourth-order valence-corrected chi connectivity index (χ4v) is 2.76. The summed E-state index contributed by atoms with van der Waals surface area (Å²) >= 11 is 0. The maximum absolute atomic E-state index is 12.5. The number of likely N-dealkylation sites (N-methyl/N-ethyl adjacent to an activating group) is 1. The van der Waals surface area contributed by atoms with E-state index in [1.165, 1.54) is 0 Å². The summed E-state index contributed by atoms with van der Waals surface area (Å²) in [7, 11) is 3.65. The molecule has 1 fully saturated rings. The van der Waals surface area contributed by atoms with Crippen LogP contribution in [0.1, 0.15) is 17.6 Å². The van der Waals surface area contributed by atoms with Gasteiger partial charge in [0.2, 0.25) is 5.91 Å². The molecule has 0 radical (unpaired) electrons. The van der Waals surface area contributed by atoms with Crippen molar-refractivity contribution in [2.45, 2.75) is 12.5 Å². The van der Waals surface area contributed by atoms with Gasteiger partial charge < -0.3 is 14.6 Å². The highest BCUT2D eigenvalue weighted by molar-refractivity contribution is 5.78. The molecule has 0 saturated carbocycles. The summed E-state index contributed by atoms with van der Waals surface area (Å²) in [5, 5.41) is 0. The van der Waals surface area contributed by atoms with Gasteiger partial charge in [0, 0.05) is 37.7 Å². The average Bonchev–Trinajstić information content (AvgIpc) is 3.10. The number of hydrogen-bond donors (Lipinski definition) is 1.